The minimum absolute atomic E-state index is 0.0191. The normalized spacial score (nSPS) is 14.7. The fourth-order valence-electron chi connectivity index (χ4n) is 1.84. The fraction of sp³-hybridized carbons (Fsp3) is 0.600. The summed E-state index contributed by atoms with van der Waals surface area (Å²) in [6.45, 7) is 4.89. The topological polar surface area (TPSA) is 59.0 Å². The smallest absolute Gasteiger partial charge is 0.216 e. The van der Waals surface area contributed by atoms with Crippen LogP contribution < -0.4 is 10.6 Å². The van der Waals surface area contributed by atoms with Crippen LogP contribution in [0.15, 0.2) is 6.33 Å². The summed E-state index contributed by atoms with van der Waals surface area (Å²) < 4.78 is 2.13. The van der Waals surface area contributed by atoms with Crippen molar-refractivity contribution < 1.29 is 4.79 Å². The van der Waals surface area contributed by atoms with E-state index in [4.69, 9.17) is 0 Å². The molecule has 0 fully saturated rings. The fourth-order valence-corrected chi connectivity index (χ4v) is 1.84. The lowest BCUT2D eigenvalue weighted by molar-refractivity contribution is -0.118. The highest BCUT2D eigenvalue weighted by Gasteiger charge is 2.13. The van der Waals surface area contributed by atoms with Crippen LogP contribution >= 0.6 is 0 Å². The monoisotopic (exact) mass is 208 g/mol. The van der Waals surface area contributed by atoms with E-state index in [1.807, 2.05) is 6.33 Å². The van der Waals surface area contributed by atoms with Crippen LogP contribution in [0.5, 0.6) is 0 Å². The second-order valence-electron chi connectivity index (χ2n) is 3.74. The number of amides is 1. The van der Waals surface area contributed by atoms with Gasteiger partial charge in [-0.25, -0.2) is 4.98 Å². The Labute approximate surface area is 88.9 Å². The molecule has 1 amide bonds. The summed E-state index contributed by atoms with van der Waals surface area (Å²) in [4.78, 5) is 15.1. The van der Waals surface area contributed by atoms with Gasteiger partial charge in [-0.2, -0.15) is 0 Å². The summed E-state index contributed by atoms with van der Waals surface area (Å²) in [5, 5.41) is 6.07. The number of nitrogens with zero attached hydrogens (tertiary/aromatic N) is 2. The molecule has 0 saturated heterocycles. The van der Waals surface area contributed by atoms with Gasteiger partial charge in [0, 0.05) is 45.2 Å². The van der Waals surface area contributed by atoms with Crippen molar-refractivity contribution >= 4 is 5.91 Å². The Balaban J connectivity index is 1.96. The Hall–Kier alpha value is -1.36. The number of fused-ring (bicyclic) bond motifs is 1. The third-order valence-corrected chi connectivity index (χ3v) is 2.59. The van der Waals surface area contributed by atoms with E-state index in [1.54, 1.807) is 0 Å². The van der Waals surface area contributed by atoms with E-state index >= 15 is 0 Å². The molecular formula is C10H16N4O. The zero-order valence-corrected chi connectivity index (χ0v) is 8.92. The van der Waals surface area contributed by atoms with E-state index in [1.165, 1.54) is 12.6 Å². The number of hydrogen-bond acceptors (Lipinski definition) is 3. The molecule has 0 radical (unpaired) electrons. The molecule has 1 aliphatic heterocycles. The molecule has 5 nitrogen and oxygen atoms in total. The number of hydrogen-bond donors (Lipinski definition) is 2. The molecule has 0 atom stereocenters. The van der Waals surface area contributed by atoms with Gasteiger partial charge < -0.3 is 15.2 Å². The zero-order valence-electron chi connectivity index (χ0n) is 8.92. The highest BCUT2D eigenvalue weighted by molar-refractivity contribution is 5.72. The Kier molecular flexibility index (Phi) is 3.01. The van der Waals surface area contributed by atoms with Crippen molar-refractivity contribution in [2.45, 2.75) is 26.4 Å². The van der Waals surface area contributed by atoms with Crippen LogP contribution in [0.4, 0.5) is 0 Å². The zero-order chi connectivity index (χ0) is 10.7. The molecule has 2 heterocycles. The molecule has 1 aromatic heterocycles. The van der Waals surface area contributed by atoms with E-state index in [0.29, 0.717) is 6.54 Å². The van der Waals surface area contributed by atoms with Crippen LogP contribution in [0.1, 0.15) is 18.3 Å². The number of carbonyl (C=O) groups excluding carboxylic acids is 1. The van der Waals surface area contributed by atoms with Gasteiger partial charge in [0.1, 0.15) is 0 Å². The lowest BCUT2D eigenvalue weighted by Crippen LogP contribution is -2.28. The molecule has 5 heteroatoms. The molecule has 0 aliphatic carbocycles. The van der Waals surface area contributed by atoms with Gasteiger partial charge in [0.05, 0.1) is 12.0 Å². The SMILES string of the molecule is CC(=O)NCCn1cnc2c1CCNC2. The van der Waals surface area contributed by atoms with Crippen LogP contribution in [0.2, 0.25) is 0 Å². The maximum atomic E-state index is 10.7. The van der Waals surface area contributed by atoms with Crippen LogP contribution in [0, 0.1) is 0 Å². The number of carbonyl (C=O) groups is 1. The van der Waals surface area contributed by atoms with Crippen molar-refractivity contribution in [1.29, 1.82) is 0 Å². The highest BCUT2D eigenvalue weighted by Crippen LogP contribution is 2.11. The Morgan fingerprint density at radius 2 is 2.60 bits per heavy atom. The number of imidazole rings is 1. The van der Waals surface area contributed by atoms with Gasteiger partial charge in [-0.05, 0) is 0 Å². The number of aromatic nitrogens is 2. The van der Waals surface area contributed by atoms with E-state index < -0.39 is 0 Å². The summed E-state index contributed by atoms with van der Waals surface area (Å²) in [6, 6.07) is 0. The molecule has 1 aliphatic rings. The Morgan fingerprint density at radius 3 is 3.40 bits per heavy atom. The standard InChI is InChI=1S/C10H16N4O/c1-8(15)12-4-5-14-7-13-9-6-11-3-2-10(9)14/h7,11H,2-6H2,1H3,(H,12,15). The molecule has 0 saturated carbocycles. The first kappa shape index (κ1) is 10.2. The Morgan fingerprint density at radius 1 is 1.73 bits per heavy atom. The van der Waals surface area contributed by atoms with Gasteiger partial charge in [-0.3, -0.25) is 4.79 Å². The quantitative estimate of drug-likeness (QED) is 0.715. The van der Waals surface area contributed by atoms with Gasteiger partial charge in [0.15, 0.2) is 0 Å². The molecule has 82 valence electrons. The molecule has 0 aromatic carbocycles. The minimum atomic E-state index is 0.0191. The van der Waals surface area contributed by atoms with Crippen molar-refractivity contribution in [3.8, 4) is 0 Å². The first-order valence-electron chi connectivity index (χ1n) is 5.25. The average Bonchev–Trinajstić information content (AvgIpc) is 2.62. The summed E-state index contributed by atoms with van der Waals surface area (Å²) in [6.07, 6.45) is 2.88. The van der Waals surface area contributed by atoms with Crippen LogP contribution in [0.25, 0.3) is 0 Å². The molecule has 0 spiro atoms. The predicted molar refractivity (Wildman–Crippen MR) is 56.3 cm³/mol. The summed E-state index contributed by atoms with van der Waals surface area (Å²) in [7, 11) is 0. The average molecular weight is 208 g/mol. The molecular weight excluding hydrogens is 192 g/mol. The summed E-state index contributed by atoms with van der Waals surface area (Å²) >= 11 is 0. The molecule has 2 N–H and O–H groups in total. The maximum absolute atomic E-state index is 10.7. The van der Waals surface area contributed by atoms with E-state index in [-0.39, 0.29) is 5.91 Å². The third-order valence-electron chi connectivity index (χ3n) is 2.59. The largest absolute Gasteiger partial charge is 0.355 e. The predicted octanol–water partition coefficient (Wildman–Crippen LogP) is -0.335. The molecule has 0 bridgehead atoms. The van der Waals surface area contributed by atoms with Crippen molar-refractivity contribution in [1.82, 2.24) is 20.2 Å². The van der Waals surface area contributed by atoms with Crippen LogP contribution in [-0.2, 0) is 24.3 Å². The highest BCUT2D eigenvalue weighted by atomic mass is 16.1. The van der Waals surface area contributed by atoms with Crippen molar-refractivity contribution in [2.24, 2.45) is 0 Å². The van der Waals surface area contributed by atoms with E-state index in [0.717, 1.165) is 31.7 Å². The van der Waals surface area contributed by atoms with Gasteiger partial charge in [0.25, 0.3) is 0 Å². The lowest BCUT2D eigenvalue weighted by atomic mass is 10.2. The van der Waals surface area contributed by atoms with Gasteiger partial charge in [-0.15, -0.1) is 0 Å². The summed E-state index contributed by atoms with van der Waals surface area (Å²) in [5.41, 5.74) is 2.45. The minimum Gasteiger partial charge on any atom is -0.355 e. The van der Waals surface area contributed by atoms with E-state index in [2.05, 4.69) is 20.2 Å². The van der Waals surface area contributed by atoms with Crippen molar-refractivity contribution in [3.63, 3.8) is 0 Å². The Bertz CT molecular complexity index is 358. The second-order valence-corrected chi connectivity index (χ2v) is 3.74. The van der Waals surface area contributed by atoms with Crippen molar-refractivity contribution in [3.05, 3.63) is 17.7 Å². The number of nitrogens with one attached hydrogen (secondary N) is 2. The van der Waals surface area contributed by atoms with Gasteiger partial charge >= 0.3 is 0 Å². The van der Waals surface area contributed by atoms with Crippen LogP contribution in [-0.4, -0.2) is 28.5 Å². The van der Waals surface area contributed by atoms with E-state index in [9.17, 15) is 4.79 Å². The first-order valence-corrected chi connectivity index (χ1v) is 5.25. The van der Waals surface area contributed by atoms with Gasteiger partial charge in [-0.1, -0.05) is 0 Å². The second kappa shape index (κ2) is 4.44. The van der Waals surface area contributed by atoms with Crippen molar-refractivity contribution in [2.75, 3.05) is 13.1 Å². The van der Waals surface area contributed by atoms with Gasteiger partial charge in [0.2, 0.25) is 5.91 Å². The molecule has 0 unspecified atom stereocenters. The third kappa shape index (κ3) is 2.36. The number of rotatable bonds is 3. The lowest BCUT2D eigenvalue weighted by Gasteiger charge is -2.15. The van der Waals surface area contributed by atoms with Crippen LogP contribution in [0.3, 0.4) is 0 Å². The maximum Gasteiger partial charge on any atom is 0.216 e. The molecule has 1 aromatic rings. The summed E-state index contributed by atoms with van der Waals surface area (Å²) in [5.74, 6) is 0.0191. The first-order chi connectivity index (χ1) is 7.27. The molecule has 2 rings (SSSR count). The molecule has 15 heavy (non-hydrogen) atoms.